The Kier molecular flexibility index (Phi) is 4.34. The average molecular weight is 360 g/mol. The molecule has 0 radical (unpaired) electrons. The van der Waals surface area contributed by atoms with Gasteiger partial charge in [-0.15, -0.1) is 0 Å². The molecule has 1 aromatic rings. The predicted molar refractivity (Wildman–Crippen MR) is 96.8 cm³/mol. The number of nitrogens with zero attached hydrogens (tertiary/aromatic N) is 2. The number of phenolic OH excluding ortho intramolecular Hbond substituents is 1. The SMILES string of the molecule is C=C1C[C@H]2CN(C(=O)OC(C)(C)C)c3cc(O)c(OC)cc3C(=O)N2C1. The number of carbonyl (C=O) groups is 2. The van der Waals surface area contributed by atoms with E-state index in [9.17, 15) is 14.7 Å². The molecule has 3 rings (SSSR count). The first-order valence-corrected chi connectivity index (χ1v) is 8.50. The molecule has 2 heterocycles. The van der Waals surface area contributed by atoms with Crippen LogP contribution in [0, 0.1) is 0 Å². The molecule has 7 nitrogen and oxygen atoms in total. The van der Waals surface area contributed by atoms with Crippen LogP contribution in [0.1, 0.15) is 37.6 Å². The summed E-state index contributed by atoms with van der Waals surface area (Å²) in [6.45, 7) is 10.1. The lowest BCUT2D eigenvalue weighted by molar-refractivity contribution is 0.0567. The third-order valence-corrected chi connectivity index (χ3v) is 4.45. The molecular weight excluding hydrogens is 336 g/mol. The summed E-state index contributed by atoms with van der Waals surface area (Å²) in [6, 6.07) is 2.67. The summed E-state index contributed by atoms with van der Waals surface area (Å²) in [5.74, 6) is -0.176. The summed E-state index contributed by atoms with van der Waals surface area (Å²) in [5, 5.41) is 10.2. The van der Waals surface area contributed by atoms with Gasteiger partial charge in [0.05, 0.1) is 30.9 Å². The van der Waals surface area contributed by atoms with E-state index in [4.69, 9.17) is 9.47 Å². The van der Waals surface area contributed by atoms with E-state index in [0.717, 1.165) is 5.57 Å². The Hall–Kier alpha value is -2.70. The lowest BCUT2D eigenvalue weighted by Crippen LogP contribution is -2.43. The van der Waals surface area contributed by atoms with Gasteiger partial charge in [-0.3, -0.25) is 9.69 Å². The molecule has 0 bridgehead atoms. The normalized spacial score (nSPS) is 19.8. The number of fused-ring (bicyclic) bond motifs is 2. The number of ether oxygens (including phenoxy) is 2. The lowest BCUT2D eigenvalue weighted by Gasteiger charge is -2.29. The molecular formula is C19H24N2O5. The van der Waals surface area contributed by atoms with Crippen molar-refractivity contribution in [3.63, 3.8) is 0 Å². The van der Waals surface area contributed by atoms with Crippen molar-refractivity contribution in [2.24, 2.45) is 0 Å². The van der Waals surface area contributed by atoms with Gasteiger partial charge in [0.1, 0.15) is 5.60 Å². The van der Waals surface area contributed by atoms with Gasteiger partial charge in [0.15, 0.2) is 11.5 Å². The Labute approximate surface area is 152 Å². The van der Waals surface area contributed by atoms with E-state index in [2.05, 4.69) is 6.58 Å². The first-order chi connectivity index (χ1) is 12.1. The van der Waals surface area contributed by atoms with Gasteiger partial charge in [-0.2, -0.15) is 0 Å². The number of hydrogen-bond acceptors (Lipinski definition) is 5. The minimum atomic E-state index is -0.680. The molecule has 0 aliphatic carbocycles. The molecule has 26 heavy (non-hydrogen) atoms. The summed E-state index contributed by atoms with van der Waals surface area (Å²) >= 11 is 0. The highest BCUT2D eigenvalue weighted by Crippen LogP contribution is 2.39. The number of carbonyl (C=O) groups excluding carboxylic acids is 2. The molecule has 0 spiro atoms. The molecule has 1 atom stereocenters. The number of rotatable bonds is 1. The van der Waals surface area contributed by atoms with E-state index in [1.54, 1.807) is 25.7 Å². The van der Waals surface area contributed by atoms with Gasteiger partial charge in [0.2, 0.25) is 0 Å². The largest absolute Gasteiger partial charge is 0.504 e. The third kappa shape index (κ3) is 3.21. The second kappa shape index (κ2) is 6.23. The number of aromatic hydroxyl groups is 1. The highest BCUT2D eigenvalue weighted by molar-refractivity contribution is 6.06. The zero-order valence-electron chi connectivity index (χ0n) is 15.5. The van der Waals surface area contributed by atoms with Crippen molar-refractivity contribution in [2.75, 3.05) is 25.1 Å². The highest BCUT2D eigenvalue weighted by Gasteiger charge is 2.41. The fourth-order valence-electron chi connectivity index (χ4n) is 3.35. The molecule has 1 saturated heterocycles. The van der Waals surface area contributed by atoms with Crippen molar-refractivity contribution in [3.8, 4) is 11.5 Å². The zero-order chi connectivity index (χ0) is 19.2. The van der Waals surface area contributed by atoms with E-state index in [1.807, 2.05) is 0 Å². The van der Waals surface area contributed by atoms with E-state index in [1.165, 1.54) is 24.1 Å². The molecule has 2 aliphatic rings. The molecule has 0 aromatic heterocycles. The minimum absolute atomic E-state index is 0.140. The highest BCUT2D eigenvalue weighted by atomic mass is 16.6. The topological polar surface area (TPSA) is 79.3 Å². The molecule has 2 aliphatic heterocycles. The first kappa shape index (κ1) is 18.1. The molecule has 2 amide bonds. The van der Waals surface area contributed by atoms with Crippen molar-refractivity contribution in [3.05, 3.63) is 29.8 Å². The summed E-state index contributed by atoms with van der Waals surface area (Å²) in [4.78, 5) is 29.0. The van der Waals surface area contributed by atoms with Crippen LogP contribution in [0.15, 0.2) is 24.3 Å². The fraction of sp³-hybridized carbons (Fsp3) is 0.474. The van der Waals surface area contributed by atoms with Crippen molar-refractivity contribution < 1.29 is 24.2 Å². The number of benzene rings is 1. The van der Waals surface area contributed by atoms with Crippen LogP contribution in [0.2, 0.25) is 0 Å². The van der Waals surface area contributed by atoms with E-state index >= 15 is 0 Å². The van der Waals surface area contributed by atoms with Gasteiger partial charge in [0.25, 0.3) is 5.91 Å². The fourth-order valence-corrected chi connectivity index (χ4v) is 3.35. The zero-order valence-corrected chi connectivity index (χ0v) is 15.5. The van der Waals surface area contributed by atoms with Crippen LogP contribution in [-0.2, 0) is 4.74 Å². The molecule has 1 aromatic carbocycles. The van der Waals surface area contributed by atoms with Crippen LogP contribution in [0.25, 0.3) is 0 Å². The van der Waals surface area contributed by atoms with Crippen molar-refractivity contribution in [1.82, 2.24) is 4.90 Å². The molecule has 0 saturated carbocycles. The van der Waals surface area contributed by atoms with E-state index in [0.29, 0.717) is 24.2 Å². The maximum atomic E-state index is 13.1. The second-order valence-electron chi connectivity index (χ2n) is 7.67. The van der Waals surface area contributed by atoms with E-state index < -0.39 is 11.7 Å². The van der Waals surface area contributed by atoms with Gasteiger partial charge in [-0.25, -0.2) is 4.79 Å². The average Bonchev–Trinajstić information content (AvgIpc) is 2.86. The van der Waals surface area contributed by atoms with Gasteiger partial charge in [-0.05, 0) is 33.3 Å². The number of phenols is 1. The smallest absolute Gasteiger partial charge is 0.414 e. The van der Waals surface area contributed by atoms with Crippen LogP contribution in [0.3, 0.4) is 0 Å². The van der Waals surface area contributed by atoms with Crippen LogP contribution >= 0.6 is 0 Å². The van der Waals surface area contributed by atoms with Gasteiger partial charge in [0, 0.05) is 12.6 Å². The Morgan fingerprint density at radius 2 is 2.04 bits per heavy atom. The Bertz CT molecular complexity index is 781. The maximum absolute atomic E-state index is 13.1. The summed E-state index contributed by atoms with van der Waals surface area (Å²) in [7, 11) is 1.41. The van der Waals surface area contributed by atoms with Crippen LogP contribution < -0.4 is 9.64 Å². The number of methoxy groups -OCH3 is 1. The number of hydrogen-bond donors (Lipinski definition) is 1. The first-order valence-electron chi connectivity index (χ1n) is 8.50. The van der Waals surface area contributed by atoms with Gasteiger partial charge >= 0.3 is 6.09 Å². The predicted octanol–water partition coefficient (Wildman–Crippen LogP) is 2.93. The van der Waals surface area contributed by atoms with Crippen molar-refractivity contribution in [1.29, 1.82) is 0 Å². The summed E-state index contributed by atoms with van der Waals surface area (Å²) in [5.41, 5.74) is 0.882. The van der Waals surface area contributed by atoms with Crippen LogP contribution in [-0.4, -0.2) is 53.8 Å². The molecule has 7 heteroatoms. The van der Waals surface area contributed by atoms with Crippen LogP contribution in [0.5, 0.6) is 11.5 Å². The number of anilines is 1. The summed E-state index contributed by atoms with van der Waals surface area (Å²) < 4.78 is 10.7. The van der Waals surface area contributed by atoms with Gasteiger partial charge < -0.3 is 19.5 Å². The van der Waals surface area contributed by atoms with E-state index in [-0.39, 0.29) is 30.0 Å². The Balaban J connectivity index is 2.11. The van der Waals surface area contributed by atoms with Crippen molar-refractivity contribution >= 4 is 17.7 Å². The quantitative estimate of drug-likeness (QED) is 0.779. The minimum Gasteiger partial charge on any atom is -0.504 e. The molecule has 1 N–H and O–H groups in total. The molecule has 0 unspecified atom stereocenters. The Morgan fingerprint density at radius 3 is 2.65 bits per heavy atom. The van der Waals surface area contributed by atoms with Crippen LogP contribution in [0.4, 0.5) is 10.5 Å². The Morgan fingerprint density at radius 1 is 1.35 bits per heavy atom. The monoisotopic (exact) mass is 360 g/mol. The van der Waals surface area contributed by atoms with Crippen molar-refractivity contribution in [2.45, 2.75) is 38.8 Å². The lowest BCUT2D eigenvalue weighted by atomic mass is 10.1. The molecule has 1 fully saturated rings. The third-order valence-electron chi connectivity index (χ3n) is 4.45. The second-order valence-corrected chi connectivity index (χ2v) is 7.67. The standard InChI is InChI=1S/C19H24N2O5/c1-11-6-12-10-21(18(24)26-19(2,3)4)14-8-15(22)16(25-5)7-13(14)17(23)20(12)9-11/h7-8,12,22H,1,6,9-10H2,2-5H3/t12-/m0/s1. The van der Waals surface area contributed by atoms with Gasteiger partial charge in [-0.1, -0.05) is 12.2 Å². The molecule has 140 valence electrons. The summed E-state index contributed by atoms with van der Waals surface area (Å²) in [6.07, 6.45) is 0.0674. The number of amides is 2. The maximum Gasteiger partial charge on any atom is 0.414 e.